The molecule has 2 aromatic carbocycles. The first kappa shape index (κ1) is 12.9. The summed E-state index contributed by atoms with van der Waals surface area (Å²) in [5.74, 6) is 0. The van der Waals surface area contributed by atoms with Crippen LogP contribution >= 0.6 is 0 Å². The third-order valence-electron chi connectivity index (χ3n) is 3.71. The van der Waals surface area contributed by atoms with E-state index in [0.29, 0.717) is 5.56 Å². The first-order valence-electron chi connectivity index (χ1n) is 6.87. The molecule has 2 aromatic rings. The average Bonchev–Trinajstić information content (AvgIpc) is 2.46. The maximum absolute atomic E-state index is 13.9. The number of rotatable bonds is 2. The zero-order valence-electron chi connectivity index (χ0n) is 11.8. The van der Waals surface area contributed by atoms with E-state index < -0.39 is 5.67 Å². The standard InChI is InChI=1S/C18H18FN/c1-18(2,19)16-9-7-13(8-10-16)17-11-14-5-3-4-6-15(14)12-20-17/h3-11,20H,12H2,1-2H3. The number of hydrogen-bond donors (Lipinski definition) is 1. The van der Waals surface area contributed by atoms with Gasteiger partial charge in [-0.1, -0.05) is 48.5 Å². The second-order valence-electron chi connectivity index (χ2n) is 5.66. The van der Waals surface area contributed by atoms with E-state index in [1.165, 1.54) is 11.1 Å². The van der Waals surface area contributed by atoms with E-state index in [1.807, 2.05) is 30.3 Å². The molecule has 2 heteroatoms. The molecule has 0 spiro atoms. The highest BCUT2D eigenvalue weighted by atomic mass is 19.1. The van der Waals surface area contributed by atoms with Gasteiger partial charge in [-0.2, -0.15) is 0 Å². The maximum Gasteiger partial charge on any atom is 0.130 e. The van der Waals surface area contributed by atoms with Crippen LogP contribution in [0.3, 0.4) is 0 Å². The minimum Gasteiger partial charge on any atom is -0.380 e. The Kier molecular flexibility index (Phi) is 3.09. The summed E-state index contributed by atoms with van der Waals surface area (Å²) in [6, 6.07) is 16.0. The zero-order chi connectivity index (χ0) is 14.2. The summed E-state index contributed by atoms with van der Waals surface area (Å²) >= 11 is 0. The summed E-state index contributed by atoms with van der Waals surface area (Å²) in [6.07, 6.45) is 2.15. The minimum atomic E-state index is -1.29. The smallest absolute Gasteiger partial charge is 0.130 e. The monoisotopic (exact) mass is 267 g/mol. The Balaban J connectivity index is 1.93. The minimum absolute atomic E-state index is 0.707. The van der Waals surface area contributed by atoms with Gasteiger partial charge in [-0.25, -0.2) is 4.39 Å². The van der Waals surface area contributed by atoms with Gasteiger partial charge in [-0.3, -0.25) is 0 Å². The number of benzene rings is 2. The van der Waals surface area contributed by atoms with Crippen LogP contribution in [-0.2, 0) is 12.2 Å². The molecule has 0 saturated carbocycles. The molecule has 0 amide bonds. The molecule has 0 unspecified atom stereocenters. The second-order valence-corrected chi connectivity index (χ2v) is 5.66. The molecular formula is C18H18FN. The molecule has 0 bridgehead atoms. The number of fused-ring (bicyclic) bond motifs is 1. The van der Waals surface area contributed by atoms with Crippen molar-refractivity contribution in [3.63, 3.8) is 0 Å². The first-order valence-corrected chi connectivity index (χ1v) is 6.87. The molecule has 3 rings (SSSR count). The van der Waals surface area contributed by atoms with E-state index in [-0.39, 0.29) is 0 Å². The zero-order valence-corrected chi connectivity index (χ0v) is 11.8. The van der Waals surface area contributed by atoms with Crippen LogP contribution in [0.25, 0.3) is 11.8 Å². The largest absolute Gasteiger partial charge is 0.380 e. The molecule has 102 valence electrons. The van der Waals surface area contributed by atoms with Crippen LogP contribution in [0.1, 0.15) is 36.1 Å². The van der Waals surface area contributed by atoms with Crippen molar-refractivity contribution in [2.24, 2.45) is 0 Å². The lowest BCUT2D eigenvalue weighted by Crippen LogP contribution is -2.16. The van der Waals surface area contributed by atoms with Crippen molar-refractivity contribution in [2.45, 2.75) is 26.1 Å². The van der Waals surface area contributed by atoms with E-state index in [2.05, 4.69) is 29.6 Å². The molecule has 1 N–H and O–H groups in total. The van der Waals surface area contributed by atoms with Crippen molar-refractivity contribution in [1.29, 1.82) is 0 Å². The maximum atomic E-state index is 13.9. The fourth-order valence-electron chi connectivity index (χ4n) is 2.46. The number of halogens is 1. The number of nitrogens with one attached hydrogen (secondary N) is 1. The van der Waals surface area contributed by atoms with E-state index in [0.717, 1.165) is 17.8 Å². The summed E-state index contributed by atoms with van der Waals surface area (Å²) in [4.78, 5) is 0. The molecule has 1 aliphatic heterocycles. The Labute approximate surface area is 119 Å². The summed E-state index contributed by atoms with van der Waals surface area (Å²) < 4.78 is 13.9. The van der Waals surface area contributed by atoms with Crippen LogP contribution in [0, 0.1) is 0 Å². The highest BCUT2D eigenvalue weighted by molar-refractivity contribution is 5.83. The molecule has 1 aliphatic rings. The van der Waals surface area contributed by atoms with Crippen molar-refractivity contribution in [3.8, 4) is 0 Å². The molecule has 0 fully saturated rings. The highest BCUT2D eigenvalue weighted by Crippen LogP contribution is 2.27. The highest BCUT2D eigenvalue weighted by Gasteiger charge is 2.18. The van der Waals surface area contributed by atoms with Gasteiger partial charge >= 0.3 is 0 Å². The lowest BCUT2D eigenvalue weighted by atomic mass is 9.96. The molecule has 1 heterocycles. The molecule has 20 heavy (non-hydrogen) atoms. The van der Waals surface area contributed by atoms with Crippen molar-refractivity contribution in [1.82, 2.24) is 5.32 Å². The van der Waals surface area contributed by atoms with Crippen LogP contribution < -0.4 is 5.32 Å². The van der Waals surface area contributed by atoms with Crippen molar-refractivity contribution in [3.05, 3.63) is 70.8 Å². The summed E-state index contributed by atoms with van der Waals surface area (Å²) in [6.45, 7) is 3.99. The van der Waals surface area contributed by atoms with Crippen molar-refractivity contribution >= 4 is 11.8 Å². The normalized spacial score (nSPS) is 14.2. The Morgan fingerprint density at radius 1 is 1.00 bits per heavy atom. The van der Waals surface area contributed by atoms with E-state index in [4.69, 9.17) is 0 Å². The fraction of sp³-hybridized carbons (Fsp3) is 0.222. The molecule has 0 aromatic heterocycles. The quantitative estimate of drug-likeness (QED) is 0.845. The van der Waals surface area contributed by atoms with Crippen molar-refractivity contribution < 1.29 is 4.39 Å². The van der Waals surface area contributed by atoms with E-state index in [1.54, 1.807) is 13.8 Å². The Morgan fingerprint density at radius 2 is 1.70 bits per heavy atom. The van der Waals surface area contributed by atoms with Gasteiger partial charge in [0.05, 0.1) is 0 Å². The van der Waals surface area contributed by atoms with Gasteiger partial charge in [-0.05, 0) is 42.2 Å². The van der Waals surface area contributed by atoms with Gasteiger partial charge in [-0.15, -0.1) is 0 Å². The third kappa shape index (κ3) is 2.46. The van der Waals surface area contributed by atoms with Crippen LogP contribution in [-0.4, -0.2) is 0 Å². The Hall–Kier alpha value is -2.09. The molecular weight excluding hydrogens is 249 g/mol. The first-order chi connectivity index (χ1) is 9.54. The van der Waals surface area contributed by atoms with Gasteiger partial charge in [0.1, 0.15) is 5.67 Å². The lowest BCUT2D eigenvalue weighted by Gasteiger charge is -2.20. The van der Waals surface area contributed by atoms with Gasteiger partial charge in [0.25, 0.3) is 0 Å². The van der Waals surface area contributed by atoms with Crippen LogP contribution in [0.5, 0.6) is 0 Å². The average molecular weight is 267 g/mol. The summed E-state index contributed by atoms with van der Waals surface area (Å²) in [5, 5.41) is 3.42. The van der Waals surface area contributed by atoms with Gasteiger partial charge in [0.15, 0.2) is 0 Å². The summed E-state index contributed by atoms with van der Waals surface area (Å²) in [7, 11) is 0. The van der Waals surface area contributed by atoms with Gasteiger partial charge in [0.2, 0.25) is 0 Å². The van der Waals surface area contributed by atoms with Crippen molar-refractivity contribution in [2.75, 3.05) is 0 Å². The molecule has 1 nitrogen and oxygen atoms in total. The predicted octanol–water partition coefficient (Wildman–Crippen LogP) is 4.49. The lowest BCUT2D eigenvalue weighted by molar-refractivity contribution is 0.221. The van der Waals surface area contributed by atoms with Crippen LogP contribution in [0.2, 0.25) is 0 Å². The van der Waals surface area contributed by atoms with E-state index >= 15 is 0 Å². The third-order valence-corrected chi connectivity index (χ3v) is 3.71. The molecule has 0 saturated heterocycles. The molecule has 0 aliphatic carbocycles. The molecule has 0 radical (unpaired) electrons. The second kappa shape index (κ2) is 4.78. The number of alkyl halides is 1. The Bertz CT molecular complexity index is 648. The van der Waals surface area contributed by atoms with Crippen LogP contribution in [0.15, 0.2) is 48.5 Å². The Morgan fingerprint density at radius 3 is 2.40 bits per heavy atom. The fourth-order valence-corrected chi connectivity index (χ4v) is 2.46. The predicted molar refractivity (Wildman–Crippen MR) is 81.7 cm³/mol. The van der Waals surface area contributed by atoms with E-state index in [9.17, 15) is 4.39 Å². The number of hydrogen-bond acceptors (Lipinski definition) is 1. The van der Waals surface area contributed by atoms with Crippen LogP contribution in [0.4, 0.5) is 4.39 Å². The molecule has 0 atom stereocenters. The summed E-state index contributed by atoms with van der Waals surface area (Å²) in [5.41, 5.74) is 4.14. The van der Waals surface area contributed by atoms with Gasteiger partial charge in [0, 0.05) is 12.2 Å². The SMILES string of the molecule is CC(C)(F)c1ccc(C2=Cc3ccccc3CN2)cc1. The van der Waals surface area contributed by atoms with Gasteiger partial charge < -0.3 is 5.32 Å². The topological polar surface area (TPSA) is 12.0 Å².